The first kappa shape index (κ1) is 17.3. The maximum atomic E-state index is 12.1. The molecule has 4 heteroatoms. The Balaban J connectivity index is 2.27. The number of ether oxygens (including phenoxy) is 1. The van der Waals surface area contributed by atoms with Gasteiger partial charge in [-0.2, -0.15) is 0 Å². The first-order valence-corrected chi connectivity index (χ1v) is 8.54. The van der Waals surface area contributed by atoms with Crippen molar-refractivity contribution in [1.82, 2.24) is 0 Å². The Hall–Kier alpha value is -2.07. The lowest BCUT2D eigenvalue weighted by Gasteiger charge is -2.19. The van der Waals surface area contributed by atoms with Crippen molar-refractivity contribution in [3.8, 4) is 0 Å². The third-order valence-electron chi connectivity index (χ3n) is 3.65. The number of allylic oxidation sites excluding steroid dienone is 4. The molecule has 1 aliphatic carbocycles. The summed E-state index contributed by atoms with van der Waals surface area (Å²) in [4.78, 5) is 26.1. The molecule has 0 aliphatic heterocycles. The number of ketones is 1. The highest BCUT2D eigenvalue weighted by atomic mass is 32.1. The van der Waals surface area contributed by atoms with Crippen LogP contribution in [0, 0.1) is 11.8 Å². The predicted molar refractivity (Wildman–Crippen MR) is 94.3 cm³/mol. The molecule has 0 heterocycles. The van der Waals surface area contributed by atoms with E-state index in [9.17, 15) is 9.59 Å². The van der Waals surface area contributed by atoms with E-state index in [-0.39, 0.29) is 30.0 Å². The molecule has 2 unspecified atom stereocenters. The molecule has 2 atom stereocenters. The number of Topliss-reactive ketones (excluding diaryl/α,β-unsaturated/α-hetero) is 1. The summed E-state index contributed by atoms with van der Waals surface area (Å²) in [7, 11) is 0. The van der Waals surface area contributed by atoms with E-state index in [1.807, 2.05) is 54.6 Å². The van der Waals surface area contributed by atoms with E-state index in [1.54, 1.807) is 25.2 Å². The van der Waals surface area contributed by atoms with E-state index >= 15 is 0 Å². The van der Waals surface area contributed by atoms with E-state index in [1.165, 1.54) is 0 Å². The van der Waals surface area contributed by atoms with Crippen LogP contribution in [-0.2, 0) is 25.7 Å². The van der Waals surface area contributed by atoms with Gasteiger partial charge in [0.15, 0.2) is 0 Å². The molecule has 0 saturated carbocycles. The zero-order chi connectivity index (χ0) is 16.7. The summed E-state index contributed by atoms with van der Waals surface area (Å²) in [6.07, 6.45) is 8.02. The highest BCUT2D eigenvalue weighted by Crippen LogP contribution is 2.25. The van der Waals surface area contributed by atoms with Crippen molar-refractivity contribution in [2.24, 2.45) is 11.8 Å². The van der Waals surface area contributed by atoms with Gasteiger partial charge < -0.3 is 4.74 Å². The number of esters is 1. The van der Waals surface area contributed by atoms with Gasteiger partial charge in [-0.1, -0.05) is 36.4 Å². The molecular formula is C19H21O3S+. The maximum absolute atomic E-state index is 12.1. The first-order valence-electron chi connectivity index (χ1n) is 7.72. The van der Waals surface area contributed by atoms with Crippen molar-refractivity contribution >= 4 is 28.0 Å². The van der Waals surface area contributed by atoms with Crippen molar-refractivity contribution in [3.05, 3.63) is 54.6 Å². The van der Waals surface area contributed by atoms with Gasteiger partial charge >= 0.3 is 5.97 Å². The summed E-state index contributed by atoms with van der Waals surface area (Å²) in [5, 5.41) is 0. The Labute approximate surface area is 141 Å². The van der Waals surface area contributed by atoms with Crippen molar-refractivity contribution in [2.75, 3.05) is 6.61 Å². The van der Waals surface area contributed by atoms with Gasteiger partial charge in [0.1, 0.15) is 5.78 Å². The molecule has 0 saturated heterocycles. The number of hydrogen-bond donors (Lipinski definition) is 0. The third kappa shape index (κ3) is 4.96. The molecule has 0 fully saturated rings. The second kappa shape index (κ2) is 8.53. The van der Waals surface area contributed by atoms with E-state index in [4.69, 9.17) is 4.74 Å². The normalized spacial score (nSPS) is 19.6. The average Bonchev–Trinajstić information content (AvgIpc) is 2.54. The summed E-state index contributed by atoms with van der Waals surface area (Å²) in [6, 6.07) is 10.0. The Kier molecular flexibility index (Phi) is 6.41. The summed E-state index contributed by atoms with van der Waals surface area (Å²) in [6.45, 7) is 3.65. The van der Waals surface area contributed by atoms with Crippen LogP contribution in [0.3, 0.4) is 0 Å². The third-order valence-corrected chi connectivity index (χ3v) is 4.80. The molecule has 1 aromatic carbocycles. The van der Waals surface area contributed by atoms with Crippen LogP contribution in [0.5, 0.6) is 0 Å². The Morgan fingerprint density at radius 3 is 2.61 bits per heavy atom. The number of carbonyl (C=O) groups is 2. The van der Waals surface area contributed by atoms with Crippen LogP contribution in [0.4, 0.5) is 0 Å². The minimum Gasteiger partial charge on any atom is -0.466 e. The average molecular weight is 329 g/mol. The van der Waals surface area contributed by atoms with Gasteiger partial charge in [-0.3, -0.25) is 9.59 Å². The molecule has 120 valence electrons. The molecule has 0 N–H and O–H groups in total. The lowest BCUT2D eigenvalue weighted by molar-refractivity contribution is -0.146. The molecule has 0 aromatic heterocycles. The van der Waals surface area contributed by atoms with E-state index < -0.39 is 0 Å². The summed E-state index contributed by atoms with van der Waals surface area (Å²) >= 11 is 1.63. The number of benzene rings is 1. The van der Waals surface area contributed by atoms with E-state index in [2.05, 4.69) is 0 Å². The Morgan fingerprint density at radius 2 is 1.96 bits per heavy atom. The maximum Gasteiger partial charge on any atom is 0.306 e. The summed E-state index contributed by atoms with van der Waals surface area (Å²) in [5.74, 6) is -0.789. The molecule has 0 radical (unpaired) electrons. The monoisotopic (exact) mass is 329 g/mol. The molecule has 1 aliphatic rings. The van der Waals surface area contributed by atoms with Gasteiger partial charge in [-0.25, -0.2) is 0 Å². The molecule has 1 aromatic rings. The molecule has 2 rings (SSSR count). The number of hydrogen-bond acceptors (Lipinski definition) is 3. The second-order valence-electron chi connectivity index (χ2n) is 5.31. The standard InChI is InChI=1S/C19H21O3S/c1-3-22-19(21)13-17(14(2)20)16-11-7-8-12-18(16)23-15-9-5-4-6-10-15/h4-12,16-17H,3,13H2,1-2H3/q+1. The Bertz CT molecular complexity index is 644. The second-order valence-corrected chi connectivity index (χ2v) is 6.46. The van der Waals surface area contributed by atoms with Crippen LogP contribution in [-0.4, -0.2) is 23.2 Å². The molecule has 0 bridgehead atoms. The van der Waals surface area contributed by atoms with E-state index in [0.29, 0.717) is 6.61 Å². The fourth-order valence-corrected chi connectivity index (χ4v) is 3.61. The van der Waals surface area contributed by atoms with Gasteiger partial charge in [0.25, 0.3) is 0 Å². The van der Waals surface area contributed by atoms with Gasteiger partial charge in [-0.15, -0.1) is 0 Å². The highest BCUT2D eigenvalue weighted by molar-refractivity contribution is 7.79. The van der Waals surface area contributed by atoms with Crippen molar-refractivity contribution in [1.29, 1.82) is 0 Å². The largest absolute Gasteiger partial charge is 0.466 e. The van der Waals surface area contributed by atoms with Gasteiger partial charge in [0, 0.05) is 18.1 Å². The molecule has 23 heavy (non-hydrogen) atoms. The fourth-order valence-electron chi connectivity index (χ4n) is 2.52. The van der Waals surface area contributed by atoms with Crippen molar-refractivity contribution < 1.29 is 14.3 Å². The van der Waals surface area contributed by atoms with Gasteiger partial charge in [-0.05, 0) is 19.9 Å². The highest BCUT2D eigenvalue weighted by Gasteiger charge is 2.34. The molecular weight excluding hydrogens is 308 g/mol. The molecule has 3 nitrogen and oxygen atoms in total. The lowest BCUT2D eigenvalue weighted by atomic mass is 9.82. The quantitative estimate of drug-likeness (QED) is 0.457. The minimum absolute atomic E-state index is 0.00849. The van der Waals surface area contributed by atoms with Crippen molar-refractivity contribution in [2.45, 2.75) is 25.2 Å². The first-order chi connectivity index (χ1) is 11.1. The van der Waals surface area contributed by atoms with Crippen LogP contribution in [0.2, 0.25) is 0 Å². The van der Waals surface area contributed by atoms with Crippen LogP contribution >= 0.6 is 0 Å². The smallest absolute Gasteiger partial charge is 0.306 e. The van der Waals surface area contributed by atoms with Crippen molar-refractivity contribution in [3.63, 3.8) is 0 Å². The predicted octanol–water partition coefficient (Wildman–Crippen LogP) is 3.20. The molecule has 0 amide bonds. The Morgan fingerprint density at radius 1 is 1.22 bits per heavy atom. The zero-order valence-electron chi connectivity index (χ0n) is 13.4. The lowest BCUT2D eigenvalue weighted by Crippen LogP contribution is -2.30. The van der Waals surface area contributed by atoms with Crippen LogP contribution in [0.25, 0.3) is 0 Å². The minimum atomic E-state index is -0.388. The SMILES string of the molecule is CCOC(=O)CC(C(C)=O)C1C=CC=CC1=[S+]c1ccccc1. The summed E-state index contributed by atoms with van der Waals surface area (Å²) in [5.41, 5.74) is 0. The van der Waals surface area contributed by atoms with E-state index in [0.717, 1.165) is 9.76 Å². The van der Waals surface area contributed by atoms with Gasteiger partial charge in [0.05, 0.1) is 18.9 Å². The van der Waals surface area contributed by atoms with Gasteiger partial charge in [0.2, 0.25) is 21.1 Å². The molecule has 0 spiro atoms. The van der Waals surface area contributed by atoms with Crippen LogP contribution in [0.15, 0.2) is 59.5 Å². The number of carbonyl (C=O) groups excluding carboxylic acids is 2. The summed E-state index contributed by atoms with van der Waals surface area (Å²) < 4.78 is 5.02. The zero-order valence-corrected chi connectivity index (χ0v) is 14.2. The fraction of sp³-hybridized carbons (Fsp3) is 0.316. The van der Waals surface area contributed by atoms with Crippen LogP contribution < -0.4 is 0 Å². The number of rotatable bonds is 6. The van der Waals surface area contributed by atoms with Crippen LogP contribution in [0.1, 0.15) is 20.3 Å². The topological polar surface area (TPSA) is 43.4 Å².